The van der Waals surface area contributed by atoms with Gasteiger partial charge in [0, 0.05) is 38.3 Å². The second-order valence-electron chi connectivity index (χ2n) is 12.0. The molecule has 1 aliphatic rings. The van der Waals surface area contributed by atoms with E-state index >= 15 is 0 Å². The molecule has 3 aromatic carbocycles. The number of hydrogen-bond acceptors (Lipinski definition) is 1. The molecule has 3 heterocycles. The van der Waals surface area contributed by atoms with Gasteiger partial charge in [-0.25, -0.2) is 4.57 Å². The molecule has 0 aliphatic carbocycles. The smallest absolute Gasteiger partial charge is 0.295 e. The van der Waals surface area contributed by atoms with E-state index < -0.39 is 0 Å². The highest BCUT2D eigenvalue weighted by atomic mass is 16.5. The first kappa shape index (κ1) is 23.1. The third kappa shape index (κ3) is 2.72. The van der Waals surface area contributed by atoms with Crippen molar-refractivity contribution in [2.24, 2.45) is 7.05 Å². The number of hydrogen-bond donors (Lipinski definition) is 0. The van der Waals surface area contributed by atoms with Crippen molar-refractivity contribution in [3.63, 3.8) is 0 Å². The molecule has 1 aliphatic heterocycles. The fourth-order valence-electron chi connectivity index (χ4n) is 6.60. The van der Waals surface area contributed by atoms with Gasteiger partial charge in [-0.2, -0.15) is 4.40 Å². The normalized spacial score (nSPS) is 16.1. The topological polar surface area (TPSA) is 17.5 Å². The predicted octanol–water partition coefficient (Wildman–Crippen LogP) is 7.71. The summed E-state index contributed by atoms with van der Waals surface area (Å²) in [6.45, 7) is 18.4. The quantitative estimate of drug-likeness (QED) is 0.192. The van der Waals surface area contributed by atoms with Crippen molar-refractivity contribution >= 4 is 27.3 Å². The van der Waals surface area contributed by atoms with Crippen LogP contribution in [0.3, 0.4) is 0 Å². The van der Waals surface area contributed by atoms with Crippen LogP contribution in [0.15, 0.2) is 54.6 Å². The van der Waals surface area contributed by atoms with Gasteiger partial charge in [0.05, 0.1) is 18.5 Å². The molecule has 0 amide bonds. The second kappa shape index (κ2) is 7.35. The molecule has 0 fully saturated rings. The van der Waals surface area contributed by atoms with Gasteiger partial charge in [0.1, 0.15) is 11.3 Å². The Balaban J connectivity index is 1.98. The summed E-state index contributed by atoms with van der Waals surface area (Å²) < 4.78 is 11.3. The summed E-state index contributed by atoms with van der Waals surface area (Å²) in [5.41, 5.74) is 10.3. The van der Waals surface area contributed by atoms with E-state index in [0.717, 1.165) is 5.75 Å². The van der Waals surface area contributed by atoms with Gasteiger partial charge in [0.25, 0.3) is 5.65 Å². The van der Waals surface area contributed by atoms with Crippen molar-refractivity contribution in [3.05, 3.63) is 77.0 Å². The van der Waals surface area contributed by atoms with E-state index in [2.05, 4.69) is 126 Å². The van der Waals surface area contributed by atoms with Crippen LogP contribution in [-0.4, -0.2) is 10.5 Å². The van der Waals surface area contributed by atoms with Gasteiger partial charge in [-0.15, -0.1) is 0 Å². The molecule has 0 bridgehead atoms. The van der Waals surface area contributed by atoms with Crippen LogP contribution in [0.4, 0.5) is 0 Å². The fraction of sp³-hybridized carbons (Fsp3) is 0.364. The molecular weight excluding hydrogens is 440 g/mol. The molecule has 3 nitrogen and oxygen atoms in total. The maximum Gasteiger partial charge on any atom is 0.295 e. The standard InChI is InChI=1S/C33H37N2O/c1-19(2)36-25-18-16-23-26-20(3)15-17-24-29(26)35-30(33(7,8)32(24,5)6)28(22-13-11-10-12-14-22)34(9)31(35)27(23)21(25)4/h10-19H,1-9H3/q+1. The number of ether oxygens (including phenoxy) is 1. The Morgan fingerprint density at radius 3 is 2.19 bits per heavy atom. The number of rotatable bonds is 3. The van der Waals surface area contributed by atoms with Gasteiger partial charge in [-0.1, -0.05) is 70.2 Å². The van der Waals surface area contributed by atoms with Gasteiger partial charge in [-0.3, -0.25) is 0 Å². The molecular formula is C33H37N2O+. The average Bonchev–Trinajstić information content (AvgIpc) is 3.14. The first-order chi connectivity index (χ1) is 17.0. The summed E-state index contributed by atoms with van der Waals surface area (Å²) in [6, 6.07) is 20.1. The molecule has 0 N–H and O–H groups in total. The molecule has 36 heavy (non-hydrogen) atoms. The molecule has 184 valence electrons. The summed E-state index contributed by atoms with van der Waals surface area (Å²) in [4.78, 5) is 0. The maximum atomic E-state index is 6.30. The van der Waals surface area contributed by atoms with Crippen LogP contribution >= 0.6 is 0 Å². The zero-order chi connectivity index (χ0) is 25.7. The lowest BCUT2D eigenvalue weighted by molar-refractivity contribution is -0.632. The van der Waals surface area contributed by atoms with E-state index in [0.29, 0.717) is 0 Å². The highest BCUT2D eigenvalue weighted by Gasteiger charge is 2.52. The van der Waals surface area contributed by atoms with Gasteiger partial charge in [-0.05, 0) is 45.4 Å². The summed E-state index contributed by atoms with van der Waals surface area (Å²) >= 11 is 0. The van der Waals surface area contributed by atoms with Crippen molar-refractivity contribution in [2.45, 2.75) is 72.3 Å². The minimum atomic E-state index is -0.106. The minimum absolute atomic E-state index is 0.0554. The lowest BCUT2D eigenvalue weighted by Crippen LogP contribution is -2.44. The van der Waals surface area contributed by atoms with E-state index in [1.54, 1.807) is 0 Å². The van der Waals surface area contributed by atoms with E-state index in [4.69, 9.17) is 4.74 Å². The van der Waals surface area contributed by atoms with Gasteiger partial charge < -0.3 is 4.74 Å². The third-order valence-electron chi connectivity index (χ3n) is 9.07. The fourth-order valence-corrected chi connectivity index (χ4v) is 6.60. The van der Waals surface area contributed by atoms with E-state index in [1.807, 2.05) is 0 Å². The highest BCUT2D eigenvalue weighted by molar-refractivity contribution is 6.15. The van der Waals surface area contributed by atoms with Crippen LogP contribution in [-0.2, 0) is 17.9 Å². The van der Waals surface area contributed by atoms with E-state index in [9.17, 15) is 0 Å². The molecule has 2 aromatic heterocycles. The Morgan fingerprint density at radius 2 is 1.53 bits per heavy atom. The van der Waals surface area contributed by atoms with E-state index in [1.165, 1.54) is 61.0 Å². The predicted molar refractivity (Wildman–Crippen MR) is 150 cm³/mol. The Bertz CT molecular complexity index is 1700. The molecule has 6 rings (SSSR count). The van der Waals surface area contributed by atoms with E-state index in [-0.39, 0.29) is 16.9 Å². The average molecular weight is 478 g/mol. The molecule has 0 saturated carbocycles. The number of fused-ring (bicyclic) bond motifs is 3. The molecule has 0 radical (unpaired) electrons. The Hall–Kier alpha value is -3.33. The molecule has 0 unspecified atom stereocenters. The Morgan fingerprint density at radius 1 is 0.833 bits per heavy atom. The zero-order valence-corrected chi connectivity index (χ0v) is 23.1. The van der Waals surface area contributed by atoms with Crippen LogP contribution in [0.25, 0.3) is 38.6 Å². The number of benzene rings is 3. The summed E-state index contributed by atoms with van der Waals surface area (Å²) in [5, 5.41) is 3.94. The number of aromatic nitrogens is 2. The largest absolute Gasteiger partial charge is 0.491 e. The van der Waals surface area contributed by atoms with Gasteiger partial charge in [0.15, 0.2) is 11.4 Å². The highest BCUT2D eigenvalue weighted by Crippen LogP contribution is 2.54. The molecule has 0 saturated heterocycles. The summed E-state index contributed by atoms with van der Waals surface area (Å²) in [7, 11) is 2.24. The van der Waals surface area contributed by atoms with Crippen LogP contribution in [0.2, 0.25) is 0 Å². The number of imidazole rings is 1. The Labute approximate surface area is 214 Å². The summed E-state index contributed by atoms with van der Waals surface area (Å²) in [6.07, 6.45) is 0.126. The number of pyridine rings is 1. The monoisotopic (exact) mass is 477 g/mol. The third-order valence-corrected chi connectivity index (χ3v) is 9.07. The van der Waals surface area contributed by atoms with Crippen molar-refractivity contribution in [3.8, 4) is 17.0 Å². The van der Waals surface area contributed by atoms with Crippen molar-refractivity contribution in [1.82, 2.24) is 4.40 Å². The summed E-state index contributed by atoms with van der Waals surface area (Å²) in [5.74, 6) is 0.966. The molecule has 0 spiro atoms. The second-order valence-corrected chi connectivity index (χ2v) is 12.0. The molecule has 0 atom stereocenters. The first-order valence-corrected chi connectivity index (χ1v) is 13.1. The SMILES string of the molecule is Cc1ccc2c3c1c1ccc(OC(C)C)c(C)c1c1n3c(c(-c3ccccc3)[n+]1C)C(C)(C)C2(C)C. The first-order valence-electron chi connectivity index (χ1n) is 13.1. The number of nitrogens with zero attached hydrogens (tertiary/aromatic N) is 2. The van der Waals surface area contributed by atoms with Crippen LogP contribution < -0.4 is 9.30 Å². The van der Waals surface area contributed by atoms with Gasteiger partial charge in [0.2, 0.25) is 0 Å². The minimum Gasteiger partial charge on any atom is -0.491 e. The lowest BCUT2D eigenvalue weighted by Gasteiger charge is -2.43. The van der Waals surface area contributed by atoms with Crippen molar-refractivity contribution in [1.29, 1.82) is 0 Å². The molecule has 5 aromatic rings. The maximum absolute atomic E-state index is 6.30. The van der Waals surface area contributed by atoms with Crippen LogP contribution in [0.5, 0.6) is 5.75 Å². The van der Waals surface area contributed by atoms with Crippen molar-refractivity contribution in [2.75, 3.05) is 0 Å². The molecule has 3 heteroatoms. The lowest BCUT2D eigenvalue weighted by atomic mass is 9.60. The van der Waals surface area contributed by atoms with Crippen LogP contribution in [0.1, 0.15) is 63.9 Å². The van der Waals surface area contributed by atoms with Crippen molar-refractivity contribution < 1.29 is 9.30 Å². The zero-order valence-electron chi connectivity index (χ0n) is 23.1. The van der Waals surface area contributed by atoms with Gasteiger partial charge >= 0.3 is 0 Å². The Kier molecular flexibility index (Phi) is 4.71. The number of aryl methyl sites for hydroxylation is 3. The van der Waals surface area contributed by atoms with Crippen LogP contribution in [0, 0.1) is 13.8 Å².